The topological polar surface area (TPSA) is 61.5 Å². The molecule has 0 spiro atoms. The third-order valence-electron chi connectivity index (χ3n) is 2.81. The molecule has 0 aliphatic carbocycles. The first-order valence-electron chi connectivity index (χ1n) is 6.54. The number of ether oxygens (including phenoxy) is 2. The van der Waals surface area contributed by atoms with Gasteiger partial charge < -0.3 is 15.2 Å². The smallest absolute Gasteiger partial charge is 0.342 e. The van der Waals surface area contributed by atoms with Crippen molar-refractivity contribution >= 4 is 23.3 Å². The lowest BCUT2D eigenvalue weighted by Crippen LogP contribution is -2.09. The Morgan fingerprint density at radius 1 is 1.24 bits per heavy atom. The van der Waals surface area contributed by atoms with Gasteiger partial charge in [-0.05, 0) is 36.8 Å². The monoisotopic (exact) mass is 305 g/mol. The van der Waals surface area contributed by atoms with E-state index in [4.69, 9.17) is 26.8 Å². The summed E-state index contributed by atoms with van der Waals surface area (Å²) < 4.78 is 10.7. The van der Waals surface area contributed by atoms with Crippen LogP contribution in [0.5, 0.6) is 5.75 Å². The van der Waals surface area contributed by atoms with Crippen LogP contribution >= 0.6 is 11.6 Å². The fourth-order valence-electron chi connectivity index (χ4n) is 1.87. The second-order valence-electron chi connectivity index (χ2n) is 4.36. The van der Waals surface area contributed by atoms with E-state index >= 15 is 0 Å². The molecule has 0 fully saturated rings. The summed E-state index contributed by atoms with van der Waals surface area (Å²) in [6, 6.07) is 12.1. The molecule has 0 saturated heterocycles. The highest BCUT2D eigenvalue weighted by Crippen LogP contribution is 2.27. The van der Waals surface area contributed by atoms with Gasteiger partial charge in [0.2, 0.25) is 0 Å². The quantitative estimate of drug-likeness (QED) is 0.676. The van der Waals surface area contributed by atoms with Crippen LogP contribution < -0.4 is 10.5 Å². The van der Waals surface area contributed by atoms with E-state index in [1.807, 2.05) is 13.0 Å². The molecule has 21 heavy (non-hydrogen) atoms. The van der Waals surface area contributed by atoms with Crippen LogP contribution in [0.1, 0.15) is 22.8 Å². The predicted octanol–water partition coefficient (Wildman–Crippen LogP) is 3.68. The minimum Gasteiger partial charge on any atom is -0.491 e. The fraction of sp³-hybridized carbons (Fsp3) is 0.188. The van der Waals surface area contributed by atoms with Crippen LogP contribution in [-0.4, -0.2) is 12.6 Å². The Bertz CT molecular complexity index is 643. The number of carbonyl (C=O) groups excluding carboxylic acids is 1. The minimum atomic E-state index is -0.481. The number of carbonyl (C=O) groups is 1. The molecule has 2 N–H and O–H groups in total. The number of benzene rings is 2. The van der Waals surface area contributed by atoms with E-state index in [-0.39, 0.29) is 6.61 Å². The molecule has 110 valence electrons. The number of anilines is 1. The van der Waals surface area contributed by atoms with Gasteiger partial charge in [-0.1, -0.05) is 29.8 Å². The molecule has 2 aromatic carbocycles. The van der Waals surface area contributed by atoms with E-state index in [0.717, 1.165) is 5.56 Å². The SMILES string of the molecule is CCOc1c(N)cccc1C(=O)OCc1cccc(Cl)c1. The molecule has 0 aliphatic rings. The van der Waals surface area contributed by atoms with Crippen molar-refractivity contribution in [2.75, 3.05) is 12.3 Å². The zero-order valence-electron chi connectivity index (χ0n) is 11.6. The summed E-state index contributed by atoms with van der Waals surface area (Å²) >= 11 is 5.89. The summed E-state index contributed by atoms with van der Waals surface area (Å²) in [7, 11) is 0. The summed E-state index contributed by atoms with van der Waals surface area (Å²) in [6.45, 7) is 2.38. The van der Waals surface area contributed by atoms with Crippen molar-refractivity contribution in [3.05, 3.63) is 58.6 Å². The van der Waals surface area contributed by atoms with E-state index in [0.29, 0.717) is 28.6 Å². The van der Waals surface area contributed by atoms with Crippen LogP contribution in [0.15, 0.2) is 42.5 Å². The standard InChI is InChI=1S/C16H16ClNO3/c1-2-20-15-13(7-4-8-14(15)18)16(19)21-10-11-5-3-6-12(17)9-11/h3-9H,2,10,18H2,1H3. The minimum absolute atomic E-state index is 0.139. The number of para-hydroxylation sites is 1. The molecule has 2 rings (SSSR count). The second-order valence-corrected chi connectivity index (χ2v) is 4.80. The fourth-order valence-corrected chi connectivity index (χ4v) is 2.09. The summed E-state index contributed by atoms with van der Waals surface area (Å²) in [4.78, 5) is 12.2. The van der Waals surface area contributed by atoms with E-state index in [1.165, 1.54) is 0 Å². The lowest BCUT2D eigenvalue weighted by molar-refractivity contribution is 0.0468. The van der Waals surface area contributed by atoms with Crippen LogP contribution in [0.3, 0.4) is 0 Å². The van der Waals surface area contributed by atoms with Gasteiger partial charge in [0, 0.05) is 5.02 Å². The van der Waals surface area contributed by atoms with Gasteiger partial charge in [-0.25, -0.2) is 4.79 Å². The molecule has 0 unspecified atom stereocenters. The summed E-state index contributed by atoms with van der Waals surface area (Å²) in [5, 5.41) is 0.600. The van der Waals surface area contributed by atoms with Crippen LogP contribution in [0.2, 0.25) is 5.02 Å². The van der Waals surface area contributed by atoms with Gasteiger partial charge in [-0.3, -0.25) is 0 Å². The van der Waals surface area contributed by atoms with Crippen molar-refractivity contribution in [1.82, 2.24) is 0 Å². The first-order valence-corrected chi connectivity index (χ1v) is 6.92. The molecule has 0 aromatic heterocycles. The van der Waals surface area contributed by atoms with Gasteiger partial charge in [0.15, 0.2) is 5.75 Å². The Labute approximate surface area is 128 Å². The maximum Gasteiger partial charge on any atom is 0.342 e. The van der Waals surface area contributed by atoms with Gasteiger partial charge in [-0.2, -0.15) is 0 Å². The lowest BCUT2D eigenvalue weighted by atomic mass is 10.1. The van der Waals surface area contributed by atoms with Crippen molar-refractivity contribution in [3.63, 3.8) is 0 Å². The van der Waals surface area contributed by atoms with E-state index in [9.17, 15) is 4.79 Å². The van der Waals surface area contributed by atoms with Crippen molar-refractivity contribution in [2.45, 2.75) is 13.5 Å². The molecule has 0 atom stereocenters. The molecule has 0 bridgehead atoms. The normalized spacial score (nSPS) is 10.2. The van der Waals surface area contributed by atoms with Crippen LogP contribution in [0, 0.1) is 0 Å². The highest BCUT2D eigenvalue weighted by Gasteiger charge is 2.16. The number of hydrogen-bond donors (Lipinski definition) is 1. The molecule has 0 heterocycles. The number of esters is 1. The van der Waals surface area contributed by atoms with Gasteiger partial charge in [0.1, 0.15) is 12.2 Å². The van der Waals surface area contributed by atoms with E-state index < -0.39 is 5.97 Å². The Balaban J connectivity index is 2.12. The van der Waals surface area contributed by atoms with Crippen LogP contribution in [0.25, 0.3) is 0 Å². The van der Waals surface area contributed by atoms with Crippen LogP contribution in [-0.2, 0) is 11.3 Å². The highest BCUT2D eigenvalue weighted by atomic mass is 35.5. The second kappa shape index (κ2) is 6.99. The third-order valence-corrected chi connectivity index (χ3v) is 3.05. The van der Waals surface area contributed by atoms with Crippen molar-refractivity contribution in [1.29, 1.82) is 0 Å². The molecule has 5 heteroatoms. The summed E-state index contributed by atoms with van der Waals surface area (Å²) in [5.41, 5.74) is 7.37. The Hall–Kier alpha value is -2.20. The van der Waals surface area contributed by atoms with Gasteiger partial charge in [0.05, 0.1) is 12.3 Å². The Morgan fingerprint density at radius 2 is 2.00 bits per heavy atom. The summed E-state index contributed by atoms with van der Waals surface area (Å²) in [5.74, 6) is -0.123. The van der Waals surface area contributed by atoms with E-state index in [1.54, 1.807) is 36.4 Å². The van der Waals surface area contributed by atoms with Gasteiger partial charge in [0.25, 0.3) is 0 Å². The zero-order valence-corrected chi connectivity index (χ0v) is 12.4. The van der Waals surface area contributed by atoms with Crippen LogP contribution in [0.4, 0.5) is 5.69 Å². The number of nitrogen functional groups attached to an aromatic ring is 1. The Morgan fingerprint density at radius 3 is 2.71 bits per heavy atom. The molecular formula is C16H16ClNO3. The van der Waals surface area contributed by atoms with Crippen molar-refractivity contribution in [2.24, 2.45) is 0 Å². The molecule has 0 aliphatic heterocycles. The number of nitrogens with two attached hydrogens (primary N) is 1. The molecule has 0 amide bonds. The number of halogens is 1. The van der Waals surface area contributed by atoms with Crippen molar-refractivity contribution < 1.29 is 14.3 Å². The molecule has 4 nitrogen and oxygen atoms in total. The van der Waals surface area contributed by atoms with E-state index in [2.05, 4.69) is 0 Å². The Kier molecular flexibility index (Phi) is 5.06. The van der Waals surface area contributed by atoms with Gasteiger partial charge >= 0.3 is 5.97 Å². The first-order chi connectivity index (χ1) is 10.1. The largest absolute Gasteiger partial charge is 0.491 e. The van der Waals surface area contributed by atoms with Crippen molar-refractivity contribution in [3.8, 4) is 5.75 Å². The van der Waals surface area contributed by atoms with Gasteiger partial charge in [-0.15, -0.1) is 0 Å². The average molecular weight is 306 g/mol. The average Bonchev–Trinajstić information content (AvgIpc) is 2.47. The maximum absolute atomic E-state index is 12.2. The third kappa shape index (κ3) is 3.89. The highest BCUT2D eigenvalue weighted by molar-refractivity contribution is 6.30. The predicted molar refractivity (Wildman–Crippen MR) is 82.6 cm³/mol. The molecule has 0 saturated carbocycles. The molecule has 0 radical (unpaired) electrons. The maximum atomic E-state index is 12.2. The number of hydrogen-bond acceptors (Lipinski definition) is 4. The first kappa shape index (κ1) is 15.2. The lowest BCUT2D eigenvalue weighted by Gasteiger charge is -2.12. The summed E-state index contributed by atoms with van der Waals surface area (Å²) in [6.07, 6.45) is 0. The molecular weight excluding hydrogens is 290 g/mol. The number of rotatable bonds is 5. The molecule has 2 aromatic rings. The zero-order chi connectivity index (χ0) is 15.2.